The normalized spacial score (nSPS) is 21.6. The molecule has 1 fully saturated rings. The largest absolute Gasteiger partial charge is 0.381 e. The van der Waals surface area contributed by atoms with E-state index in [2.05, 4.69) is 18.7 Å². The average molecular weight is 228 g/mol. The van der Waals surface area contributed by atoms with Gasteiger partial charge in [-0.1, -0.05) is 13.8 Å². The maximum atomic E-state index is 11.0. The number of primary amides is 1. The second-order valence-electron chi connectivity index (χ2n) is 5.14. The number of carbonyl (C=O) groups excluding carboxylic acids is 1. The van der Waals surface area contributed by atoms with Gasteiger partial charge >= 0.3 is 0 Å². The molecule has 94 valence electrons. The number of nitrogens with two attached hydrogens (primary N) is 1. The minimum atomic E-state index is -0.239. The van der Waals surface area contributed by atoms with Crippen molar-refractivity contribution in [2.75, 3.05) is 32.8 Å². The molecule has 1 rings (SSSR count). The summed E-state index contributed by atoms with van der Waals surface area (Å²) in [6, 6.07) is 0. The van der Waals surface area contributed by atoms with Gasteiger partial charge in [0.1, 0.15) is 0 Å². The van der Waals surface area contributed by atoms with Crippen LogP contribution in [0.5, 0.6) is 0 Å². The van der Waals surface area contributed by atoms with Crippen molar-refractivity contribution in [1.82, 2.24) is 4.90 Å². The Labute approximate surface area is 98.1 Å². The summed E-state index contributed by atoms with van der Waals surface area (Å²) < 4.78 is 5.45. The molecule has 1 saturated heterocycles. The lowest BCUT2D eigenvalue weighted by Crippen LogP contribution is -2.40. The Morgan fingerprint density at radius 3 is 2.81 bits per heavy atom. The SMILES string of the molecule is CC(C)CN(CC(N)=O)CC1CCCOC1. The van der Waals surface area contributed by atoms with Gasteiger partial charge in [0.05, 0.1) is 13.2 Å². The molecule has 0 saturated carbocycles. The van der Waals surface area contributed by atoms with E-state index in [0.29, 0.717) is 18.4 Å². The molecule has 4 nitrogen and oxygen atoms in total. The van der Waals surface area contributed by atoms with Crippen molar-refractivity contribution in [3.8, 4) is 0 Å². The van der Waals surface area contributed by atoms with Crippen molar-refractivity contribution in [2.45, 2.75) is 26.7 Å². The average Bonchev–Trinajstić information content (AvgIpc) is 2.16. The molecule has 4 heteroatoms. The summed E-state index contributed by atoms with van der Waals surface area (Å²) in [5, 5.41) is 0. The van der Waals surface area contributed by atoms with Crippen molar-refractivity contribution in [3.63, 3.8) is 0 Å². The van der Waals surface area contributed by atoms with Gasteiger partial charge in [0.2, 0.25) is 5.91 Å². The molecular formula is C12H24N2O2. The molecular weight excluding hydrogens is 204 g/mol. The summed E-state index contributed by atoms with van der Waals surface area (Å²) in [5.74, 6) is 0.882. The quantitative estimate of drug-likeness (QED) is 0.733. The van der Waals surface area contributed by atoms with Gasteiger partial charge in [0, 0.05) is 19.7 Å². The van der Waals surface area contributed by atoms with Crippen LogP contribution in [0.25, 0.3) is 0 Å². The van der Waals surface area contributed by atoms with Gasteiger partial charge in [-0.25, -0.2) is 0 Å². The molecule has 0 radical (unpaired) electrons. The van der Waals surface area contributed by atoms with Gasteiger partial charge in [-0.05, 0) is 24.7 Å². The summed E-state index contributed by atoms with van der Waals surface area (Å²) >= 11 is 0. The van der Waals surface area contributed by atoms with Crippen LogP contribution >= 0.6 is 0 Å². The van der Waals surface area contributed by atoms with Crippen LogP contribution in [-0.4, -0.2) is 43.7 Å². The first-order valence-electron chi connectivity index (χ1n) is 6.16. The van der Waals surface area contributed by atoms with Crippen LogP contribution in [0.4, 0.5) is 0 Å². The molecule has 1 heterocycles. The number of carbonyl (C=O) groups is 1. The predicted molar refractivity (Wildman–Crippen MR) is 64.0 cm³/mol. The molecule has 1 aliphatic rings. The first-order chi connectivity index (χ1) is 7.58. The third-order valence-electron chi connectivity index (χ3n) is 2.77. The lowest BCUT2D eigenvalue weighted by molar-refractivity contribution is -0.119. The van der Waals surface area contributed by atoms with Crippen LogP contribution in [0.1, 0.15) is 26.7 Å². The van der Waals surface area contributed by atoms with Crippen LogP contribution in [0, 0.1) is 11.8 Å². The fraction of sp³-hybridized carbons (Fsp3) is 0.917. The third kappa shape index (κ3) is 5.47. The number of rotatable bonds is 6. The third-order valence-corrected chi connectivity index (χ3v) is 2.77. The number of amides is 1. The van der Waals surface area contributed by atoms with E-state index >= 15 is 0 Å². The number of nitrogens with zero attached hydrogens (tertiary/aromatic N) is 1. The topological polar surface area (TPSA) is 55.6 Å². The molecule has 1 unspecified atom stereocenters. The Bertz CT molecular complexity index is 213. The molecule has 1 aliphatic heterocycles. The molecule has 2 N–H and O–H groups in total. The van der Waals surface area contributed by atoms with Crippen LogP contribution in [0.3, 0.4) is 0 Å². The highest BCUT2D eigenvalue weighted by Crippen LogP contribution is 2.15. The number of hydrogen-bond acceptors (Lipinski definition) is 3. The van der Waals surface area contributed by atoms with Crippen LogP contribution in [-0.2, 0) is 9.53 Å². The van der Waals surface area contributed by atoms with Gasteiger partial charge < -0.3 is 10.5 Å². The first kappa shape index (κ1) is 13.5. The van der Waals surface area contributed by atoms with E-state index in [9.17, 15) is 4.79 Å². The highest BCUT2D eigenvalue weighted by molar-refractivity contribution is 5.75. The van der Waals surface area contributed by atoms with Crippen molar-refractivity contribution >= 4 is 5.91 Å². The van der Waals surface area contributed by atoms with E-state index < -0.39 is 0 Å². The zero-order valence-electron chi connectivity index (χ0n) is 10.4. The molecule has 0 bridgehead atoms. The molecule has 0 aliphatic carbocycles. The molecule has 0 spiro atoms. The van der Waals surface area contributed by atoms with E-state index in [4.69, 9.17) is 10.5 Å². The fourth-order valence-electron chi connectivity index (χ4n) is 2.26. The second kappa shape index (κ2) is 6.86. The van der Waals surface area contributed by atoms with E-state index in [1.165, 1.54) is 6.42 Å². The van der Waals surface area contributed by atoms with E-state index in [1.807, 2.05) is 0 Å². The fourth-order valence-corrected chi connectivity index (χ4v) is 2.26. The lowest BCUT2D eigenvalue weighted by Gasteiger charge is -2.29. The van der Waals surface area contributed by atoms with Gasteiger partial charge in [0.15, 0.2) is 0 Å². The summed E-state index contributed by atoms with van der Waals surface area (Å²) in [5.41, 5.74) is 5.26. The van der Waals surface area contributed by atoms with Gasteiger partial charge in [-0.15, -0.1) is 0 Å². The summed E-state index contributed by atoms with van der Waals surface area (Å²) in [4.78, 5) is 13.1. The van der Waals surface area contributed by atoms with Crippen LogP contribution in [0.2, 0.25) is 0 Å². The Balaban J connectivity index is 2.37. The van der Waals surface area contributed by atoms with Crippen molar-refractivity contribution in [3.05, 3.63) is 0 Å². The second-order valence-corrected chi connectivity index (χ2v) is 5.14. The molecule has 0 aromatic rings. The predicted octanol–water partition coefficient (Wildman–Crippen LogP) is 0.856. The maximum Gasteiger partial charge on any atom is 0.231 e. The Morgan fingerprint density at radius 2 is 2.31 bits per heavy atom. The van der Waals surface area contributed by atoms with Gasteiger partial charge in [0.25, 0.3) is 0 Å². The number of hydrogen-bond donors (Lipinski definition) is 1. The van der Waals surface area contributed by atoms with E-state index in [-0.39, 0.29) is 5.91 Å². The molecule has 0 aromatic heterocycles. The van der Waals surface area contributed by atoms with Gasteiger partial charge in [-0.2, -0.15) is 0 Å². The molecule has 1 atom stereocenters. The first-order valence-corrected chi connectivity index (χ1v) is 6.16. The smallest absolute Gasteiger partial charge is 0.231 e. The minimum absolute atomic E-state index is 0.239. The Hall–Kier alpha value is -0.610. The lowest BCUT2D eigenvalue weighted by atomic mass is 10.0. The molecule has 0 aromatic carbocycles. The summed E-state index contributed by atoms with van der Waals surface area (Å²) in [6.45, 7) is 8.26. The van der Waals surface area contributed by atoms with Crippen molar-refractivity contribution in [1.29, 1.82) is 0 Å². The minimum Gasteiger partial charge on any atom is -0.381 e. The molecule has 16 heavy (non-hydrogen) atoms. The maximum absolute atomic E-state index is 11.0. The zero-order chi connectivity index (χ0) is 12.0. The zero-order valence-corrected chi connectivity index (χ0v) is 10.4. The van der Waals surface area contributed by atoms with Crippen LogP contribution in [0.15, 0.2) is 0 Å². The highest BCUT2D eigenvalue weighted by Gasteiger charge is 2.19. The highest BCUT2D eigenvalue weighted by atomic mass is 16.5. The standard InChI is InChI=1S/C12H24N2O2/c1-10(2)6-14(8-12(13)15)7-11-4-3-5-16-9-11/h10-11H,3-9H2,1-2H3,(H2,13,15). The summed E-state index contributed by atoms with van der Waals surface area (Å²) in [7, 11) is 0. The Morgan fingerprint density at radius 1 is 1.56 bits per heavy atom. The Kier molecular flexibility index (Phi) is 5.77. The van der Waals surface area contributed by atoms with Crippen molar-refractivity contribution in [2.24, 2.45) is 17.6 Å². The molecule has 1 amide bonds. The number of ether oxygens (including phenoxy) is 1. The van der Waals surface area contributed by atoms with E-state index in [0.717, 1.165) is 32.7 Å². The van der Waals surface area contributed by atoms with Crippen LogP contribution < -0.4 is 5.73 Å². The monoisotopic (exact) mass is 228 g/mol. The van der Waals surface area contributed by atoms with Gasteiger partial charge in [-0.3, -0.25) is 9.69 Å². The van der Waals surface area contributed by atoms with Crippen molar-refractivity contribution < 1.29 is 9.53 Å². The van der Waals surface area contributed by atoms with E-state index in [1.54, 1.807) is 0 Å². The summed E-state index contributed by atoms with van der Waals surface area (Å²) in [6.07, 6.45) is 2.34.